The topological polar surface area (TPSA) is 21.3 Å². The molecule has 0 amide bonds. The molecule has 0 spiro atoms. The van der Waals surface area contributed by atoms with Gasteiger partial charge in [-0.3, -0.25) is 0 Å². The lowest BCUT2D eigenvalue weighted by Gasteiger charge is -2.13. The fourth-order valence-electron chi connectivity index (χ4n) is 1.03. The Balaban J connectivity index is 3.11. The minimum atomic E-state index is -4.82. The van der Waals surface area contributed by atoms with Gasteiger partial charge in [0.15, 0.2) is 0 Å². The first-order valence-corrected chi connectivity index (χ1v) is 4.07. The number of halogens is 4. The molecule has 0 heterocycles. The Bertz CT molecular complexity index is 362. The maximum absolute atomic E-state index is 13.1. The Morgan fingerprint density at radius 3 is 2.33 bits per heavy atom. The fourth-order valence-corrected chi connectivity index (χ4v) is 1.03. The fraction of sp³-hybridized carbons (Fsp3) is 0.333. The van der Waals surface area contributed by atoms with Gasteiger partial charge in [0.1, 0.15) is 11.6 Å². The highest BCUT2D eigenvalue weighted by molar-refractivity contribution is 5.51. The van der Waals surface area contributed by atoms with Crippen molar-refractivity contribution in [3.05, 3.63) is 23.5 Å². The standard InChI is InChI=1S/C9H9F4NO/c1-5-7(10)3-6(14-2)4-8(5)15-9(11,12)13/h3-4,14H,1-2H3. The maximum Gasteiger partial charge on any atom is 0.573 e. The zero-order chi connectivity index (χ0) is 11.6. The largest absolute Gasteiger partial charge is 0.573 e. The zero-order valence-corrected chi connectivity index (χ0v) is 8.07. The third kappa shape index (κ3) is 3.00. The molecule has 0 unspecified atom stereocenters. The van der Waals surface area contributed by atoms with E-state index in [1.165, 1.54) is 14.0 Å². The van der Waals surface area contributed by atoms with Gasteiger partial charge in [-0.1, -0.05) is 0 Å². The highest BCUT2D eigenvalue weighted by atomic mass is 19.4. The van der Waals surface area contributed by atoms with E-state index in [0.29, 0.717) is 0 Å². The highest BCUT2D eigenvalue weighted by Crippen LogP contribution is 2.30. The van der Waals surface area contributed by atoms with Gasteiger partial charge in [0.2, 0.25) is 0 Å². The Morgan fingerprint density at radius 1 is 1.27 bits per heavy atom. The van der Waals surface area contributed by atoms with Crippen LogP contribution in [0.2, 0.25) is 0 Å². The van der Waals surface area contributed by atoms with Crippen molar-refractivity contribution in [3.8, 4) is 5.75 Å². The summed E-state index contributed by atoms with van der Waals surface area (Å²) in [5.74, 6) is -1.28. The second kappa shape index (κ2) is 3.96. The van der Waals surface area contributed by atoms with Crippen LogP contribution in [0.3, 0.4) is 0 Å². The van der Waals surface area contributed by atoms with Crippen molar-refractivity contribution in [1.82, 2.24) is 0 Å². The number of benzene rings is 1. The number of ether oxygens (including phenoxy) is 1. The number of rotatable bonds is 2. The van der Waals surface area contributed by atoms with Crippen molar-refractivity contribution in [1.29, 1.82) is 0 Å². The summed E-state index contributed by atoms with van der Waals surface area (Å²) in [6.07, 6.45) is -4.82. The summed E-state index contributed by atoms with van der Waals surface area (Å²) < 4.78 is 52.6. The summed E-state index contributed by atoms with van der Waals surface area (Å²) in [4.78, 5) is 0. The number of hydrogen-bond donors (Lipinski definition) is 1. The van der Waals surface area contributed by atoms with Gasteiger partial charge in [0.25, 0.3) is 0 Å². The molecule has 15 heavy (non-hydrogen) atoms. The molecule has 0 aliphatic rings. The van der Waals surface area contributed by atoms with Gasteiger partial charge in [-0.2, -0.15) is 0 Å². The molecule has 1 rings (SSSR count). The van der Waals surface area contributed by atoms with Crippen LogP contribution in [0.15, 0.2) is 12.1 Å². The van der Waals surface area contributed by atoms with Crippen molar-refractivity contribution in [3.63, 3.8) is 0 Å². The lowest BCUT2D eigenvalue weighted by atomic mass is 10.2. The molecule has 1 aromatic carbocycles. The quantitative estimate of drug-likeness (QED) is 0.778. The Kier molecular flexibility index (Phi) is 3.06. The lowest BCUT2D eigenvalue weighted by molar-refractivity contribution is -0.274. The molecule has 2 nitrogen and oxygen atoms in total. The van der Waals surface area contributed by atoms with Crippen LogP contribution in [0.25, 0.3) is 0 Å². The van der Waals surface area contributed by atoms with Gasteiger partial charge in [-0.15, -0.1) is 13.2 Å². The Labute approximate surface area is 83.9 Å². The smallest absolute Gasteiger partial charge is 0.405 e. The second-order valence-electron chi connectivity index (χ2n) is 2.88. The average molecular weight is 223 g/mol. The van der Waals surface area contributed by atoms with E-state index in [4.69, 9.17) is 0 Å². The van der Waals surface area contributed by atoms with Gasteiger partial charge in [0.05, 0.1) is 0 Å². The summed E-state index contributed by atoms with van der Waals surface area (Å²) in [6, 6.07) is 2.18. The van der Waals surface area contributed by atoms with Crippen molar-refractivity contribution in [2.24, 2.45) is 0 Å². The van der Waals surface area contributed by atoms with Crippen LogP contribution >= 0.6 is 0 Å². The summed E-state index contributed by atoms with van der Waals surface area (Å²) in [5.41, 5.74) is 0.0451. The van der Waals surface area contributed by atoms with Gasteiger partial charge in [0, 0.05) is 24.4 Å². The molecule has 0 aliphatic heterocycles. The molecule has 0 aromatic heterocycles. The molecule has 0 radical (unpaired) electrons. The third-order valence-electron chi connectivity index (χ3n) is 1.81. The predicted molar refractivity (Wildman–Crippen MR) is 47.4 cm³/mol. The van der Waals surface area contributed by atoms with Crippen molar-refractivity contribution in [2.75, 3.05) is 12.4 Å². The van der Waals surface area contributed by atoms with Crippen LogP contribution in [0, 0.1) is 12.7 Å². The molecule has 84 valence electrons. The van der Waals surface area contributed by atoms with Crippen LogP contribution in [-0.4, -0.2) is 13.4 Å². The van der Waals surface area contributed by atoms with Crippen LogP contribution < -0.4 is 10.1 Å². The lowest BCUT2D eigenvalue weighted by Crippen LogP contribution is -2.18. The second-order valence-corrected chi connectivity index (χ2v) is 2.88. The molecule has 0 aliphatic carbocycles. The van der Waals surface area contributed by atoms with Crippen molar-refractivity contribution in [2.45, 2.75) is 13.3 Å². The first kappa shape index (κ1) is 11.6. The first-order valence-electron chi connectivity index (χ1n) is 4.07. The monoisotopic (exact) mass is 223 g/mol. The number of anilines is 1. The van der Waals surface area contributed by atoms with Gasteiger partial charge >= 0.3 is 6.36 Å². The Morgan fingerprint density at radius 2 is 1.87 bits per heavy atom. The predicted octanol–water partition coefficient (Wildman–Crippen LogP) is 3.07. The average Bonchev–Trinajstić information content (AvgIpc) is 2.10. The highest BCUT2D eigenvalue weighted by Gasteiger charge is 2.32. The summed E-state index contributed by atoms with van der Waals surface area (Å²) in [7, 11) is 1.47. The van der Waals surface area contributed by atoms with Crippen LogP contribution in [0.5, 0.6) is 5.75 Å². The summed E-state index contributed by atoms with van der Waals surface area (Å²) >= 11 is 0. The molecule has 0 bridgehead atoms. The van der Waals surface area contributed by atoms with Crippen LogP contribution in [0.1, 0.15) is 5.56 Å². The van der Waals surface area contributed by atoms with E-state index in [9.17, 15) is 17.6 Å². The molecule has 1 aromatic rings. The van der Waals surface area contributed by atoms with E-state index < -0.39 is 17.9 Å². The number of nitrogens with one attached hydrogen (secondary N) is 1. The molecular formula is C9H9F4NO. The molecule has 1 N–H and O–H groups in total. The van der Waals surface area contributed by atoms with Crippen molar-refractivity contribution < 1.29 is 22.3 Å². The first-order chi connectivity index (χ1) is 6.83. The number of hydrogen-bond acceptors (Lipinski definition) is 2. The van der Waals surface area contributed by atoms with Gasteiger partial charge < -0.3 is 10.1 Å². The normalized spacial score (nSPS) is 11.3. The minimum absolute atomic E-state index is 0.175. The molecule has 0 fully saturated rings. The van der Waals surface area contributed by atoms with Gasteiger partial charge in [-0.05, 0) is 13.0 Å². The van der Waals surface area contributed by atoms with Crippen molar-refractivity contribution >= 4 is 5.69 Å². The number of alkyl halides is 3. The summed E-state index contributed by atoms with van der Waals surface area (Å²) in [6.45, 7) is 1.22. The zero-order valence-electron chi connectivity index (χ0n) is 8.07. The SMILES string of the molecule is CNc1cc(F)c(C)c(OC(F)(F)F)c1. The van der Waals surface area contributed by atoms with E-state index in [0.717, 1.165) is 12.1 Å². The Hall–Kier alpha value is -1.46. The van der Waals surface area contributed by atoms with E-state index >= 15 is 0 Å². The molecule has 6 heteroatoms. The maximum atomic E-state index is 13.1. The van der Waals surface area contributed by atoms with E-state index in [2.05, 4.69) is 10.1 Å². The molecule has 0 saturated heterocycles. The van der Waals surface area contributed by atoms with E-state index in [1.54, 1.807) is 0 Å². The van der Waals surface area contributed by atoms with Crippen LogP contribution in [-0.2, 0) is 0 Å². The van der Waals surface area contributed by atoms with Gasteiger partial charge in [-0.25, -0.2) is 4.39 Å². The molecule has 0 saturated carbocycles. The van der Waals surface area contributed by atoms with Crippen LogP contribution in [0.4, 0.5) is 23.2 Å². The molecular weight excluding hydrogens is 214 g/mol. The third-order valence-corrected chi connectivity index (χ3v) is 1.81. The molecule has 0 atom stereocenters. The van der Waals surface area contributed by atoms with E-state index in [-0.39, 0.29) is 11.3 Å². The summed E-state index contributed by atoms with van der Waals surface area (Å²) in [5, 5.41) is 2.53. The minimum Gasteiger partial charge on any atom is -0.405 e. The van der Waals surface area contributed by atoms with E-state index in [1.807, 2.05) is 0 Å².